The van der Waals surface area contributed by atoms with Crippen LogP contribution in [0.5, 0.6) is 0 Å². The van der Waals surface area contributed by atoms with Crippen molar-refractivity contribution in [2.24, 2.45) is 17.3 Å². The van der Waals surface area contributed by atoms with Crippen molar-refractivity contribution in [3.8, 4) is 0 Å². The third-order valence-electron chi connectivity index (χ3n) is 6.96. The number of carbonyl (C=O) groups is 1. The second kappa shape index (κ2) is 14.0. The normalized spacial score (nSPS) is 35.9. The predicted molar refractivity (Wildman–Crippen MR) is 138 cm³/mol. The second-order valence-electron chi connectivity index (χ2n) is 11.5. The molecule has 0 amide bonds. The molecule has 0 aromatic heterocycles. The summed E-state index contributed by atoms with van der Waals surface area (Å²) in [6, 6.07) is -1.70. The Kier molecular flexibility index (Phi) is 12.3. The Bertz CT molecular complexity index is 1050. The van der Waals surface area contributed by atoms with E-state index in [9.17, 15) is 51.2 Å². The number of hydrogen-bond donors (Lipinski definition) is 8. The lowest BCUT2D eigenvalue weighted by molar-refractivity contribution is -0.220. The fourth-order valence-corrected chi connectivity index (χ4v) is 6.67. The van der Waals surface area contributed by atoms with Gasteiger partial charge in [-0.2, -0.15) is 21.6 Å². The molecular weight excluding hydrogens is 580 g/mol. The lowest BCUT2D eigenvalue weighted by Gasteiger charge is -2.47. The summed E-state index contributed by atoms with van der Waals surface area (Å²) < 4.78 is 84.5. The lowest BCUT2D eigenvalue weighted by atomic mass is 9.78. The SMILES string of the molecule is CO[C@@H]1CC(C(=O)O)[C@H](O[C@@H]2CC(CS(=O)(=O)O)[C@H](OCCNCC(C)(C)C)[C@H](O)C2NS(=O)(=O)O)[C@H](O)C1O. The van der Waals surface area contributed by atoms with E-state index < -0.39 is 99.2 Å². The number of aliphatic hydroxyl groups excluding tert-OH is 3. The molecule has 0 aliphatic heterocycles. The predicted octanol–water partition coefficient (Wildman–Crippen LogP) is -2.37. The van der Waals surface area contributed by atoms with Crippen LogP contribution in [0.4, 0.5) is 0 Å². The highest BCUT2D eigenvalue weighted by Gasteiger charge is 2.53. The van der Waals surface area contributed by atoms with Crippen LogP contribution in [0.3, 0.4) is 0 Å². The fourth-order valence-electron chi connectivity index (χ4n) is 5.17. The van der Waals surface area contributed by atoms with E-state index in [1.165, 1.54) is 7.11 Å². The highest BCUT2D eigenvalue weighted by molar-refractivity contribution is 7.85. The molecule has 2 fully saturated rings. The highest BCUT2D eigenvalue weighted by atomic mass is 32.2. The Hall–Kier alpha value is -1.03. The van der Waals surface area contributed by atoms with Gasteiger partial charge in [0.2, 0.25) is 0 Å². The van der Waals surface area contributed by atoms with Crippen LogP contribution in [0.15, 0.2) is 0 Å². The Morgan fingerprint density at radius 2 is 1.57 bits per heavy atom. The van der Waals surface area contributed by atoms with Gasteiger partial charge in [-0.15, -0.1) is 0 Å². The molecule has 2 aliphatic carbocycles. The molecule has 2 aliphatic rings. The van der Waals surface area contributed by atoms with Gasteiger partial charge in [0.15, 0.2) is 0 Å². The van der Waals surface area contributed by atoms with E-state index in [4.69, 9.17) is 14.2 Å². The maximum atomic E-state index is 12.0. The smallest absolute Gasteiger partial charge is 0.333 e. The van der Waals surface area contributed by atoms with Crippen LogP contribution in [-0.2, 0) is 39.4 Å². The average Bonchev–Trinajstić information content (AvgIpc) is 2.78. The molecule has 236 valence electrons. The molecule has 0 radical (unpaired) electrons. The van der Waals surface area contributed by atoms with Gasteiger partial charge in [-0.05, 0) is 18.3 Å². The van der Waals surface area contributed by atoms with Crippen LogP contribution in [0.1, 0.15) is 33.6 Å². The Labute approximate surface area is 234 Å². The number of aliphatic carboxylic acids is 1. The largest absolute Gasteiger partial charge is 0.481 e. The number of aliphatic hydroxyl groups is 3. The molecule has 4 unspecified atom stereocenters. The number of rotatable bonds is 13. The summed E-state index contributed by atoms with van der Waals surface area (Å²) in [5.41, 5.74) is -0.0543. The molecule has 0 spiro atoms. The van der Waals surface area contributed by atoms with E-state index in [0.29, 0.717) is 6.54 Å². The maximum Gasteiger partial charge on any atom is 0.333 e. The van der Waals surface area contributed by atoms with Gasteiger partial charge in [0, 0.05) is 26.1 Å². The number of carboxylic acid groups (broad SMARTS) is 1. The molecule has 18 heteroatoms. The first-order valence-electron chi connectivity index (χ1n) is 12.7. The number of methoxy groups -OCH3 is 1. The third kappa shape index (κ3) is 10.4. The lowest BCUT2D eigenvalue weighted by Crippen LogP contribution is -2.65. The molecular formula is C22H42N2O14S2. The first-order chi connectivity index (χ1) is 18.2. The van der Waals surface area contributed by atoms with Crippen molar-refractivity contribution >= 4 is 26.4 Å². The van der Waals surface area contributed by atoms with E-state index in [1.54, 1.807) is 4.72 Å². The second-order valence-corrected chi connectivity index (χ2v) is 14.2. The van der Waals surface area contributed by atoms with Gasteiger partial charge < -0.3 is 40.0 Å². The summed E-state index contributed by atoms with van der Waals surface area (Å²) in [7, 11) is -8.43. The van der Waals surface area contributed by atoms with Crippen molar-refractivity contribution < 1.29 is 65.4 Å². The van der Waals surface area contributed by atoms with Gasteiger partial charge >= 0.3 is 16.3 Å². The minimum atomic E-state index is -4.99. The van der Waals surface area contributed by atoms with Gasteiger partial charge in [-0.1, -0.05) is 20.8 Å². The molecule has 2 saturated carbocycles. The topological polar surface area (TPSA) is 258 Å². The molecule has 0 heterocycles. The summed E-state index contributed by atoms with van der Waals surface area (Å²) in [4.78, 5) is 12.0. The van der Waals surface area contributed by atoms with E-state index in [-0.39, 0.29) is 25.0 Å². The molecule has 0 aromatic carbocycles. The molecule has 0 aromatic rings. The molecule has 10 atom stereocenters. The Balaban J connectivity index is 2.37. The Morgan fingerprint density at radius 1 is 0.950 bits per heavy atom. The van der Waals surface area contributed by atoms with Crippen LogP contribution in [0.25, 0.3) is 0 Å². The zero-order valence-electron chi connectivity index (χ0n) is 22.8. The van der Waals surface area contributed by atoms with Crippen LogP contribution in [0, 0.1) is 17.3 Å². The van der Waals surface area contributed by atoms with Gasteiger partial charge in [0.05, 0.1) is 54.8 Å². The first-order valence-corrected chi connectivity index (χ1v) is 15.8. The zero-order valence-corrected chi connectivity index (χ0v) is 24.4. The minimum absolute atomic E-state index is 0.0447. The molecule has 2 rings (SSSR count). The van der Waals surface area contributed by atoms with E-state index in [1.807, 2.05) is 20.8 Å². The Morgan fingerprint density at radius 3 is 2.08 bits per heavy atom. The molecule has 40 heavy (non-hydrogen) atoms. The van der Waals surface area contributed by atoms with Crippen molar-refractivity contribution in [3.63, 3.8) is 0 Å². The van der Waals surface area contributed by atoms with Crippen molar-refractivity contribution in [2.75, 3.05) is 32.6 Å². The van der Waals surface area contributed by atoms with Crippen molar-refractivity contribution in [1.29, 1.82) is 0 Å². The summed E-state index contributed by atoms with van der Waals surface area (Å²) in [5, 5.41) is 45.0. The van der Waals surface area contributed by atoms with Gasteiger partial charge in [0.1, 0.15) is 12.2 Å². The summed E-state index contributed by atoms with van der Waals surface area (Å²) in [6.45, 7) is 6.81. The molecule has 0 saturated heterocycles. The van der Waals surface area contributed by atoms with Gasteiger partial charge in [-0.3, -0.25) is 13.9 Å². The average molecular weight is 623 g/mol. The summed E-state index contributed by atoms with van der Waals surface area (Å²) in [6.07, 6.45) is -11.6. The first kappa shape index (κ1) is 35.2. The van der Waals surface area contributed by atoms with Crippen LogP contribution in [-0.4, -0.2) is 134 Å². The van der Waals surface area contributed by atoms with Crippen molar-refractivity contribution in [1.82, 2.24) is 10.0 Å². The quantitative estimate of drug-likeness (QED) is 0.0789. The van der Waals surface area contributed by atoms with Crippen LogP contribution in [0.2, 0.25) is 0 Å². The number of nitrogens with one attached hydrogen (secondary N) is 2. The van der Waals surface area contributed by atoms with Crippen LogP contribution >= 0.6 is 0 Å². The molecule has 8 N–H and O–H groups in total. The third-order valence-corrected chi connectivity index (χ3v) is 8.38. The van der Waals surface area contributed by atoms with Crippen molar-refractivity contribution in [3.05, 3.63) is 0 Å². The standard InChI is InChI=1S/C22H42N2O14S2/c1-22(2,3)10-23-5-6-37-19-11(9-39(30,31)32)7-13(15(17(19)26)24-40(33,34)35)38-20-12(21(28)29)8-14(36-4)16(25)18(20)27/h11-20,23-27H,5-10H2,1-4H3,(H,28,29)(H,30,31,32)(H,33,34,35)/t11?,12?,13-,14-,15?,16?,17-,18-,19+,20+/m1/s1. The summed E-state index contributed by atoms with van der Waals surface area (Å²) >= 11 is 0. The summed E-state index contributed by atoms with van der Waals surface area (Å²) in [5.74, 6) is -4.98. The molecule has 0 bridgehead atoms. The monoisotopic (exact) mass is 622 g/mol. The fraction of sp³-hybridized carbons (Fsp3) is 0.955. The van der Waals surface area contributed by atoms with Crippen LogP contribution < -0.4 is 10.0 Å². The van der Waals surface area contributed by atoms with Gasteiger partial charge in [-0.25, -0.2) is 0 Å². The number of ether oxygens (including phenoxy) is 3. The minimum Gasteiger partial charge on any atom is -0.481 e. The van der Waals surface area contributed by atoms with E-state index >= 15 is 0 Å². The molecule has 16 nitrogen and oxygen atoms in total. The number of hydrogen-bond acceptors (Lipinski definition) is 12. The zero-order chi connectivity index (χ0) is 30.6. The van der Waals surface area contributed by atoms with Crippen molar-refractivity contribution in [2.45, 2.75) is 82.4 Å². The maximum absolute atomic E-state index is 12.0. The van der Waals surface area contributed by atoms with E-state index in [2.05, 4.69) is 5.32 Å². The van der Waals surface area contributed by atoms with E-state index in [0.717, 1.165) is 0 Å². The highest BCUT2D eigenvalue weighted by Crippen LogP contribution is 2.36. The van der Waals surface area contributed by atoms with Gasteiger partial charge in [0.25, 0.3) is 10.1 Å². The number of carboxylic acids is 1.